The number of hydrogen-bond acceptors (Lipinski definition) is 2. The van der Waals surface area contributed by atoms with E-state index >= 15 is 0 Å². The molecule has 0 bridgehead atoms. The maximum Gasteiger partial charge on any atom is 0.137 e. The highest BCUT2D eigenvalue weighted by Crippen LogP contribution is 2.25. The van der Waals surface area contributed by atoms with Gasteiger partial charge in [-0.2, -0.15) is 0 Å². The number of nitrogens with two attached hydrogens (primary N) is 1. The summed E-state index contributed by atoms with van der Waals surface area (Å²) in [6.45, 7) is 4.71. The van der Waals surface area contributed by atoms with Crippen molar-refractivity contribution in [3.63, 3.8) is 0 Å². The highest BCUT2D eigenvalue weighted by molar-refractivity contribution is 5.53. The van der Waals surface area contributed by atoms with E-state index in [9.17, 15) is 0 Å². The van der Waals surface area contributed by atoms with Crippen LogP contribution in [0.15, 0.2) is 12.1 Å². The second kappa shape index (κ2) is 5.43. The smallest absolute Gasteiger partial charge is 0.137 e. The molecule has 0 saturated heterocycles. The van der Waals surface area contributed by atoms with Gasteiger partial charge in [0.25, 0.3) is 0 Å². The lowest BCUT2D eigenvalue weighted by Gasteiger charge is -2.09. The fourth-order valence-corrected chi connectivity index (χ4v) is 1.38. The van der Waals surface area contributed by atoms with Gasteiger partial charge in [-0.05, 0) is 31.0 Å². The standard InChI is InChI=1S/C13H17NO/c1-10-7-8-12(6-4-5-9-14)13(15-3)11(10)2/h7-8H,5,9,14H2,1-3H3. The summed E-state index contributed by atoms with van der Waals surface area (Å²) in [7, 11) is 1.68. The fourth-order valence-electron chi connectivity index (χ4n) is 1.38. The van der Waals surface area contributed by atoms with Crippen molar-refractivity contribution in [3.05, 3.63) is 28.8 Å². The molecule has 15 heavy (non-hydrogen) atoms. The van der Waals surface area contributed by atoms with Crippen LogP contribution < -0.4 is 10.5 Å². The fraction of sp³-hybridized carbons (Fsp3) is 0.385. The molecule has 0 heterocycles. The summed E-state index contributed by atoms with van der Waals surface area (Å²) in [4.78, 5) is 0. The van der Waals surface area contributed by atoms with Crippen molar-refractivity contribution in [3.8, 4) is 17.6 Å². The summed E-state index contributed by atoms with van der Waals surface area (Å²) in [5, 5.41) is 0. The Balaban J connectivity index is 3.09. The lowest BCUT2D eigenvalue weighted by molar-refractivity contribution is 0.410. The molecule has 0 radical (unpaired) electrons. The van der Waals surface area contributed by atoms with Gasteiger partial charge in [0.2, 0.25) is 0 Å². The molecule has 0 spiro atoms. The molecule has 0 aliphatic carbocycles. The van der Waals surface area contributed by atoms with Crippen molar-refractivity contribution < 1.29 is 4.74 Å². The summed E-state index contributed by atoms with van der Waals surface area (Å²) in [6, 6.07) is 4.05. The third kappa shape index (κ3) is 2.74. The van der Waals surface area contributed by atoms with Crippen LogP contribution in [-0.2, 0) is 0 Å². The van der Waals surface area contributed by atoms with Gasteiger partial charge < -0.3 is 10.5 Å². The first-order valence-electron chi connectivity index (χ1n) is 5.03. The normalized spacial score (nSPS) is 9.33. The monoisotopic (exact) mass is 203 g/mol. The summed E-state index contributed by atoms with van der Waals surface area (Å²) in [6.07, 6.45) is 0.718. The molecule has 0 amide bonds. The van der Waals surface area contributed by atoms with Crippen molar-refractivity contribution in [2.75, 3.05) is 13.7 Å². The molecule has 2 N–H and O–H groups in total. The van der Waals surface area contributed by atoms with Crippen LogP contribution in [0.5, 0.6) is 5.75 Å². The van der Waals surface area contributed by atoms with Gasteiger partial charge in [-0.25, -0.2) is 0 Å². The Labute approximate surface area is 91.4 Å². The van der Waals surface area contributed by atoms with E-state index in [0.29, 0.717) is 6.54 Å². The highest BCUT2D eigenvalue weighted by Gasteiger charge is 2.05. The molecule has 0 aliphatic rings. The third-order valence-electron chi connectivity index (χ3n) is 2.37. The summed E-state index contributed by atoms with van der Waals surface area (Å²) >= 11 is 0. The topological polar surface area (TPSA) is 35.2 Å². The molecule has 0 unspecified atom stereocenters. The number of ether oxygens (including phenoxy) is 1. The van der Waals surface area contributed by atoms with Gasteiger partial charge in [0.1, 0.15) is 5.75 Å². The van der Waals surface area contributed by atoms with Gasteiger partial charge in [-0.15, -0.1) is 0 Å². The molecule has 1 aromatic carbocycles. The van der Waals surface area contributed by atoms with Crippen molar-refractivity contribution >= 4 is 0 Å². The molecule has 1 rings (SSSR count). The van der Waals surface area contributed by atoms with E-state index in [-0.39, 0.29) is 0 Å². The Morgan fingerprint density at radius 2 is 2.07 bits per heavy atom. The van der Waals surface area contributed by atoms with Crippen LogP contribution in [0.3, 0.4) is 0 Å². The zero-order valence-electron chi connectivity index (χ0n) is 9.55. The largest absolute Gasteiger partial charge is 0.495 e. The molecule has 0 aliphatic heterocycles. The molecular weight excluding hydrogens is 186 g/mol. The number of hydrogen-bond donors (Lipinski definition) is 1. The highest BCUT2D eigenvalue weighted by atomic mass is 16.5. The summed E-state index contributed by atoms with van der Waals surface area (Å²) in [5.74, 6) is 6.97. The van der Waals surface area contributed by atoms with E-state index in [1.807, 2.05) is 13.0 Å². The van der Waals surface area contributed by atoms with Crippen molar-refractivity contribution in [1.82, 2.24) is 0 Å². The van der Waals surface area contributed by atoms with Crippen molar-refractivity contribution in [2.45, 2.75) is 20.3 Å². The Bertz CT molecular complexity index is 399. The Hall–Kier alpha value is -1.46. The molecule has 80 valence electrons. The van der Waals surface area contributed by atoms with Crippen LogP contribution in [-0.4, -0.2) is 13.7 Å². The molecule has 2 heteroatoms. The van der Waals surface area contributed by atoms with Gasteiger partial charge in [-0.1, -0.05) is 17.9 Å². The van der Waals surface area contributed by atoms with Gasteiger partial charge in [0, 0.05) is 13.0 Å². The quantitative estimate of drug-likeness (QED) is 0.746. The van der Waals surface area contributed by atoms with Crippen LogP contribution in [0, 0.1) is 25.7 Å². The predicted molar refractivity (Wildman–Crippen MR) is 63.0 cm³/mol. The van der Waals surface area contributed by atoms with Crippen LogP contribution in [0.2, 0.25) is 0 Å². The average Bonchev–Trinajstić information content (AvgIpc) is 2.24. The van der Waals surface area contributed by atoms with Gasteiger partial charge in [0.15, 0.2) is 0 Å². The lowest BCUT2D eigenvalue weighted by Crippen LogP contribution is -1.96. The maximum absolute atomic E-state index is 5.38. The van der Waals surface area contributed by atoms with Crippen molar-refractivity contribution in [1.29, 1.82) is 0 Å². The second-order valence-electron chi connectivity index (χ2n) is 3.43. The molecule has 0 fully saturated rings. The Kier molecular flexibility index (Phi) is 4.20. The number of aryl methyl sites for hydroxylation is 1. The summed E-state index contributed by atoms with van der Waals surface area (Å²) < 4.78 is 5.35. The van der Waals surface area contributed by atoms with E-state index in [2.05, 4.69) is 24.8 Å². The molecule has 0 saturated carbocycles. The maximum atomic E-state index is 5.38. The van der Waals surface area contributed by atoms with Crippen molar-refractivity contribution in [2.24, 2.45) is 5.73 Å². The first kappa shape index (κ1) is 11.6. The van der Waals surface area contributed by atoms with Gasteiger partial charge in [-0.3, -0.25) is 0 Å². The zero-order valence-corrected chi connectivity index (χ0v) is 9.55. The molecule has 0 atom stereocenters. The predicted octanol–water partition coefficient (Wildman–Crippen LogP) is 2.01. The first-order chi connectivity index (χ1) is 7.20. The van der Waals surface area contributed by atoms with Crippen LogP contribution in [0.1, 0.15) is 23.1 Å². The molecule has 2 nitrogen and oxygen atoms in total. The minimum absolute atomic E-state index is 0.597. The minimum atomic E-state index is 0.597. The first-order valence-corrected chi connectivity index (χ1v) is 5.03. The van der Waals surface area contributed by atoms with Crippen LogP contribution >= 0.6 is 0 Å². The number of benzene rings is 1. The molecular formula is C13H17NO. The summed E-state index contributed by atoms with van der Waals surface area (Å²) in [5.41, 5.74) is 8.69. The van der Waals surface area contributed by atoms with E-state index in [1.54, 1.807) is 7.11 Å². The Morgan fingerprint density at radius 3 is 2.67 bits per heavy atom. The van der Waals surface area contributed by atoms with Crippen LogP contribution in [0.25, 0.3) is 0 Å². The molecule has 0 aromatic heterocycles. The lowest BCUT2D eigenvalue weighted by atomic mass is 10.0. The van der Waals surface area contributed by atoms with Crippen LogP contribution in [0.4, 0.5) is 0 Å². The average molecular weight is 203 g/mol. The Morgan fingerprint density at radius 1 is 1.33 bits per heavy atom. The van der Waals surface area contributed by atoms with E-state index in [4.69, 9.17) is 10.5 Å². The minimum Gasteiger partial charge on any atom is -0.495 e. The van der Waals surface area contributed by atoms with E-state index in [0.717, 1.165) is 23.3 Å². The third-order valence-corrected chi connectivity index (χ3v) is 2.37. The van der Waals surface area contributed by atoms with E-state index in [1.165, 1.54) is 5.56 Å². The number of methoxy groups -OCH3 is 1. The second-order valence-corrected chi connectivity index (χ2v) is 3.43. The van der Waals surface area contributed by atoms with E-state index < -0.39 is 0 Å². The molecule has 1 aromatic rings. The number of rotatable bonds is 2. The van der Waals surface area contributed by atoms with Gasteiger partial charge >= 0.3 is 0 Å². The van der Waals surface area contributed by atoms with Gasteiger partial charge in [0.05, 0.1) is 12.7 Å². The SMILES string of the molecule is COc1c(C#CCCN)ccc(C)c1C. The zero-order chi connectivity index (χ0) is 11.3.